The zero-order valence-corrected chi connectivity index (χ0v) is 14.6. The van der Waals surface area contributed by atoms with Crippen LogP contribution in [0.3, 0.4) is 0 Å². The van der Waals surface area contributed by atoms with Crippen LogP contribution in [0.5, 0.6) is 0 Å². The summed E-state index contributed by atoms with van der Waals surface area (Å²) in [5.74, 6) is 0.981. The van der Waals surface area contributed by atoms with E-state index in [-0.39, 0.29) is 5.92 Å². The van der Waals surface area contributed by atoms with Crippen molar-refractivity contribution in [2.75, 3.05) is 7.05 Å². The minimum absolute atomic E-state index is 0.201. The van der Waals surface area contributed by atoms with Gasteiger partial charge in [0.1, 0.15) is 0 Å². The van der Waals surface area contributed by atoms with Crippen LogP contribution in [-0.4, -0.2) is 36.0 Å². The highest BCUT2D eigenvalue weighted by Gasteiger charge is 2.47. The first-order valence-corrected chi connectivity index (χ1v) is 9.19. The van der Waals surface area contributed by atoms with E-state index >= 15 is 0 Å². The first kappa shape index (κ1) is 14.7. The van der Waals surface area contributed by atoms with E-state index in [1.165, 1.54) is 18.4 Å². The molecule has 1 amide bonds. The highest BCUT2D eigenvalue weighted by atomic mass is 79.9. The summed E-state index contributed by atoms with van der Waals surface area (Å²) in [5.41, 5.74) is 1.30. The summed E-state index contributed by atoms with van der Waals surface area (Å²) in [7, 11) is 2.02. The van der Waals surface area contributed by atoms with Crippen molar-refractivity contribution in [2.24, 2.45) is 5.92 Å². The standard InChI is InChI=1S/C18H23BrN2O/c1-21(15-8-13-5-6-14(9-15)20-13)18(22)17-10-16(17)11-3-2-4-12(19)7-11/h2-4,7,13-17,20H,5-6,8-10H2,1H3. The van der Waals surface area contributed by atoms with Crippen molar-refractivity contribution in [3.8, 4) is 0 Å². The van der Waals surface area contributed by atoms with Gasteiger partial charge in [-0.15, -0.1) is 0 Å². The lowest BCUT2D eigenvalue weighted by Crippen LogP contribution is -2.49. The molecule has 1 aliphatic carbocycles. The second kappa shape index (κ2) is 5.64. The van der Waals surface area contributed by atoms with Gasteiger partial charge in [0.15, 0.2) is 0 Å². The number of halogens is 1. The Hall–Kier alpha value is -0.870. The molecule has 118 valence electrons. The van der Waals surface area contributed by atoms with Crippen molar-refractivity contribution in [2.45, 2.75) is 56.1 Å². The summed E-state index contributed by atoms with van der Waals surface area (Å²) in [6, 6.07) is 10.1. The molecule has 2 saturated heterocycles. The van der Waals surface area contributed by atoms with Crippen LogP contribution in [0.15, 0.2) is 28.7 Å². The van der Waals surface area contributed by atoms with Crippen molar-refractivity contribution in [1.29, 1.82) is 0 Å². The number of carbonyl (C=O) groups is 1. The van der Waals surface area contributed by atoms with E-state index in [0.29, 0.717) is 30.0 Å². The van der Waals surface area contributed by atoms with E-state index in [1.807, 2.05) is 13.1 Å². The SMILES string of the molecule is CN(C(=O)C1CC1c1cccc(Br)c1)C1CC2CCC(C1)N2. The van der Waals surface area contributed by atoms with Crippen LogP contribution in [0.25, 0.3) is 0 Å². The minimum Gasteiger partial charge on any atom is -0.342 e. The fourth-order valence-corrected chi connectivity index (χ4v) is 4.78. The van der Waals surface area contributed by atoms with Gasteiger partial charge in [-0.3, -0.25) is 4.79 Å². The van der Waals surface area contributed by atoms with E-state index in [1.54, 1.807) is 0 Å². The topological polar surface area (TPSA) is 32.3 Å². The molecule has 22 heavy (non-hydrogen) atoms. The highest BCUT2D eigenvalue weighted by molar-refractivity contribution is 9.10. The average molecular weight is 363 g/mol. The minimum atomic E-state index is 0.201. The molecule has 4 unspecified atom stereocenters. The monoisotopic (exact) mass is 362 g/mol. The van der Waals surface area contributed by atoms with Crippen LogP contribution in [0.2, 0.25) is 0 Å². The molecule has 4 rings (SSSR count). The van der Waals surface area contributed by atoms with E-state index < -0.39 is 0 Å². The number of rotatable bonds is 3. The van der Waals surface area contributed by atoms with Crippen LogP contribution >= 0.6 is 15.9 Å². The van der Waals surface area contributed by atoms with Gasteiger partial charge >= 0.3 is 0 Å². The van der Waals surface area contributed by atoms with Crippen LogP contribution in [-0.2, 0) is 4.79 Å². The van der Waals surface area contributed by atoms with Crippen LogP contribution in [0.4, 0.5) is 0 Å². The van der Waals surface area contributed by atoms with Crippen LogP contribution < -0.4 is 5.32 Å². The zero-order valence-electron chi connectivity index (χ0n) is 13.0. The Morgan fingerprint density at radius 3 is 2.64 bits per heavy atom. The van der Waals surface area contributed by atoms with Gasteiger partial charge in [-0.05, 0) is 55.7 Å². The number of benzene rings is 1. The molecule has 3 nitrogen and oxygen atoms in total. The number of amides is 1. The zero-order chi connectivity index (χ0) is 15.3. The smallest absolute Gasteiger partial charge is 0.226 e. The lowest BCUT2D eigenvalue weighted by atomic mass is 9.98. The number of nitrogens with one attached hydrogen (secondary N) is 1. The van der Waals surface area contributed by atoms with Crippen molar-refractivity contribution < 1.29 is 4.79 Å². The second-order valence-electron chi connectivity index (χ2n) is 7.22. The number of nitrogens with zero attached hydrogens (tertiary/aromatic N) is 1. The maximum Gasteiger partial charge on any atom is 0.226 e. The fraction of sp³-hybridized carbons (Fsp3) is 0.611. The van der Waals surface area contributed by atoms with Gasteiger partial charge in [0.2, 0.25) is 5.91 Å². The Morgan fingerprint density at radius 2 is 1.95 bits per heavy atom. The largest absolute Gasteiger partial charge is 0.342 e. The number of hydrogen-bond acceptors (Lipinski definition) is 2. The molecular weight excluding hydrogens is 340 g/mol. The Bertz CT molecular complexity index is 578. The van der Waals surface area contributed by atoms with Gasteiger partial charge in [0, 0.05) is 35.6 Å². The average Bonchev–Trinajstić information content (AvgIpc) is 3.25. The maximum atomic E-state index is 12.8. The molecular formula is C18H23BrN2O. The Labute approximate surface area is 140 Å². The quantitative estimate of drug-likeness (QED) is 0.894. The molecule has 3 fully saturated rings. The predicted molar refractivity (Wildman–Crippen MR) is 90.7 cm³/mol. The van der Waals surface area contributed by atoms with Crippen molar-refractivity contribution in [1.82, 2.24) is 10.2 Å². The van der Waals surface area contributed by atoms with Crippen molar-refractivity contribution >= 4 is 21.8 Å². The van der Waals surface area contributed by atoms with Gasteiger partial charge in [-0.1, -0.05) is 28.1 Å². The summed E-state index contributed by atoms with van der Waals surface area (Å²) >= 11 is 3.52. The van der Waals surface area contributed by atoms with E-state index in [0.717, 1.165) is 23.7 Å². The van der Waals surface area contributed by atoms with E-state index in [2.05, 4.69) is 44.3 Å². The van der Waals surface area contributed by atoms with Crippen LogP contribution in [0, 0.1) is 5.92 Å². The predicted octanol–water partition coefficient (Wildman–Crippen LogP) is 3.29. The van der Waals surface area contributed by atoms with E-state index in [4.69, 9.17) is 0 Å². The molecule has 4 heteroatoms. The molecule has 1 aromatic rings. The number of fused-ring (bicyclic) bond motifs is 2. The third-order valence-corrected chi connectivity index (χ3v) is 6.22. The summed E-state index contributed by atoms with van der Waals surface area (Å²) in [6.45, 7) is 0. The van der Waals surface area contributed by atoms with Crippen LogP contribution in [0.1, 0.15) is 43.6 Å². The Kier molecular flexibility index (Phi) is 3.77. The Balaban J connectivity index is 1.40. The number of hydrogen-bond donors (Lipinski definition) is 1. The molecule has 2 bridgehead atoms. The van der Waals surface area contributed by atoms with Gasteiger partial charge in [0.25, 0.3) is 0 Å². The fourth-order valence-electron chi connectivity index (χ4n) is 4.36. The molecule has 3 aliphatic rings. The summed E-state index contributed by atoms with van der Waals surface area (Å²) < 4.78 is 1.10. The summed E-state index contributed by atoms with van der Waals surface area (Å²) in [5, 5.41) is 3.66. The number of piperidine rings is 1. The lowest BCUT2D eigenvalue weighted by Gasteiger charge is -2.35. The Morgan fingerprint density at radius 1 is 1.23 bits per heavy atom. The molecule has 1 aromatic carbocycles. The van der Waals surface area contributed by atoms with Gasteiger partial charge in [0.05, 0.1) is 0 Å². The third-order valence-electron chi connectivity index (χ3n) is 5.73. The van der Waals surface area contributed by atoms with Crippen molar-refractivity contribution in [3.05, 3.63) is 34.3 Å². The molecule has 0 radical (unpaired) electrons. The first-order chi connectivity index (χ1) is 10.6. The van der Waals surface area contributed by atoms with Gasteiger partial charge in [-0.2, -0.15) is 0 Å². The maximum absolute atomic E-state index is 12.8. The van der Waals surface area contributed by atoms with Crippen molar-refractivity contribution in [3.63, 3.8) is 0 Å². The molecule has 2 aliphatic heterocycles. The molecule has 4 atom stereocenters. The molecule has 0 aromatic heterocycles. The highest BCUT2D eigenvalue weighted by Crippen LogP contribution is 2.49. The van der Waals surface area contributed by atoms with Gasteiger partial charge < -0.3 is 10.2 Å². The second-order valence-corrected chi connectivity index (χ2v) is 8.13. The summed E-state index contributed by atoms with van der Waals surface area (Å²) in [6.07, 6.45) is 5.85. The molecule has 1 saturated carbocycles. The third kappa shape index (κ3) is 2.71. The van der Waals surface area contributed by atoms with Gasteiger partial charge in [-0.25, -0.2) is 0 Å². The number of carbonyl (C=O) groups excluding carboxylic acids is 1. The lowest BCUT2D eigenvalue weighted by molar-refractivity contribution is -0.134. The molecule has 2 heterocycles. The van der Waals surface area contributed by atoms with E-state index in [9.17, 15) is 4.79 Å². The molecule has 1 N–H and O–H groups in total. The normalized spacial score (nSPS) is 36.2. The molecule has 0 spiro atoms. The summed E-state index contributed by atoms with van der Waals surface area (Å²) in [4.78, 5) is 14.9. The first-order valence-electron chi connectivity index (χ1n) is 8.40.